The van der Waals surface area contributed by atoms with Crippen LogP contribution in [0.5, 0.6) is 0 Å². The first-order valence-corrected chi connectivity index (χ1v) is 9.62. The Bertz CT molecular complexity index is 704. The van der Waals surface area contributed by atoms with Crippen molar-refractivity contribution in [2.45, 2.75) is 32.6 Å². The van der Waals surface area contributed by atoms with Gasteiger partial charge in [0.15, 0.2) is 0 Å². The molecule has 1 fully saturated rings. The molecule has 0 bridgehead atoms. The average Bonchev–Trinajstić information content (AvgIpc) is 2.69. The minimum Gasteiger partial charge on any atom is -0.339 e. The van der Waals surface area contributed by atoms with Crippen LogP contribution in [-0.4, -0.2) is 53.4 Å². The molecule has 1 aromatic heterocycles. The first-order valence-electron chi connectivity index (χ1n) is 9.62. The second kappa shape index (κ2) is 8.45. The van der Waals surface area contributed by atoms with Crippen LogP contribution in [0, 0.1) is 0 Å². The maximum Gasteiger partial charge on any atom is 0.236 e. The highest BCUT2D eigenvalue weighted by molar-refractivity contribution is 5.86. The van der Waals surface area contributed by atoms with E-state index in [0.717, 1.165) is 44.0 Å². The van der Waals surface area contributed by atoms with Gasteiger partial charge >= 0.3 is 0 Å². The number of hydrogen-bond donors (Lipinski definition) is 0. The highest BCUT2D eigenvalue weighted by Crippen LogP contribution is 2.27. The normalized spacial score (nSPS) is 16.7. The number of benzene rings is 1. The molecule has 0 aliphatic carbocycles. The molecule has 1 atom stereocenters. The molecule has 1 amide bonds. The van der Waals surface area contributed by atoms with Crippen LogP contribution in [0.2, 0.25) is 0 Å². The summed E-state index contributed by atoms with van der Waals surface area (Å²) in [5.74, 6) is 0.317. The number of pyridine rings is 1. The summed E-state index contributed by atoms with van der Waals surface area (Å²) in [6, 6.07) is 14.3. The largest absolute Gasteiger partial charge is 0.339 e. The van der Waals surface area contributed by atoms with Crippen LogP contribution in [-0.2, 0) is 4.79 Å². The highest BCUT2D eigenvalue weighted by Gasteiger charge is 2.30. The third-order valence-electron chi connectivity index (χ3n) is 5.30. The summed E-state index contributed by atoms with van der Waals surface area (Å²) in [7, 11) is 0. The van der Waals surface area contributed by atoms with Gasteiger partial charge in [-0.15, -0.1) is 0 Å². The zero-order valence-electron chi connectivity index (χ0n) is 16.1. The minimum absolute atomic E-state index is 0.164. The molecule has 4 nitrogen and oxygen atoms in total. The summed E-state index contributed by atoms with van der Waals surface area (Å²) in [5.41, 5.74) is 3.14. The number of carbonyl (C=O) groups excluding carboxylic acids is 1. The van der Waals surface area contributed by atoms with Crippen molar-refractivity contribution in [1.82, 2.24) is 14.8 Å². The second-order valence-electron chi connectivity index (χ2n) is 7.27. The fraction of sp³-hybridized carbons (Fsp3) is 0.455. The molecule has 1 aliphatic rings. The first kappa shape index (κ1) is 18.6. The van der Waals surface area contributed by atoms with Gasteiger partial charge in [-0.3, -0.25) is 9.78 Å². The molecule has 4 heteroatoms. The van der Waals surface area contributed by atoms with E-state index >= 15 is 0 Å². The van der Waals surface area contributed by atoms with Crippen LogP contribution in [0.15, 0.2) is 48.7 Å². The van der Waals surface area contributed by atoms with Crippen LogP contribution in [0.3, 0.4) is 0 Å². The van der Waals surface area contributed by atoms with Crippen LogP contribution in [0.25, 0.3) is 0 Å². The molecule has 26 heavy (non-hydrogen) atoms. The van der Waals surface area contributed by atoms with Gasteiger partial charge in [0.05, 0.1) is 5.69 Å². The summed E-state index contributed by atoms with van der Waals surface area (Å²) >= 11 is 0. The minimum atomic E-state index is -0.328. The topological polar surface area (TPSA) is 36.4 Å². The SMILES string of the molecule is CCN1CCN(C(=O)C(c2ccc(C(C)C)cc2)c2ccccn2)CC1. The molecule has 2 heterocycles. The van der Waals surface area contributed by atoms with E-state index in [1.165, 1.54) is 5.56 Å². The van der Waals surface area contributed by atoms with E-state index in [1.54, 1.807) is 6.20 Å². The Balaban J connectivity index is 1.88. The lowest BCUT2D eigenvalue weighted by atomic mass is 9.91. The van der Waals surface area contributed by atoms with E-state index in [4.69, 9.17) is 0 Å². The fourth-order valence-electron chi connectivity index (χ4n) is 3.53. The molecule has 1 aliphatic heterocycles. The monoisotopic (exact) mass is 351 g/mol. The predicted octanol–water partition coefficient (Wildman–Crippen LogP) is 3.50. The van der Waals surface area contributed by atoms with Crippen LogP contribution in [0.1, 0.15) is 49.4 Å². The summed E-state index contributed by atoms with van der Waals surface area (Å²) in [6.07, 6.45) is 1.77. The maximum absolute atomic E-state index is 13.4. The summed E-state index contributed by atoms with van der Waals surface area (Å²) in [5, 5.41) is 0. The van der Waals surface area contributed by atoms with Crippen molar-refractivity contribution in [1.29, 1.82) is 0 Å². The number of hydrogen-bond acceptors (Lipinski definition) is 3. The van der Waals surface area contributed by atoms with E-state index < -0.39 is 0 Å². The Morgan fingerprint density at radius 3 is 2.19 bits per heavy atom. The Morgan fingerprint density at radius 2 is 1.65 bits per heavy atom. The van der Waals surface area contributed by atoms with Gasteiger partial charge in [0.25, 0.3) is 0 Å². The Kier molecular flexibility index (Phi) is 6.04. The smallest absolute Gasteiger partial charge is 0.236 e. The lowest BCUT2D eigenvalue weighted by Gasteiger charge is -2.36. The van der Waals surface area contributed by atoms with Gasteiger partial charge < -0.3 is 9.80 Å². The fourth-order valence-corrected chi connectivity index (χ4v) is 3.53. The number of likely N-dealkylation sites (N-methyl/N-ethyl adjacent to an activating group) is 1. The van der Waals surface area contributed by atoms with Crippen molar-refractivity contribution in [2.24, 2.45) is 0 Å². The van der Waals surface area contributed by atoms with Crippen molar-refractivity contribution >= 4 is 5.91 Å². The maximum atomic E-state index is 13.4. The molecule has 3 rings (SSSR count). The van der Waals surface area contributed by atoms with Crippen LogP contribution in [0.4, 0.5) is 0 Å². The zero-order valence-corrected chi connectivity index (χ0v) is 16.1. The molecule has 0 spiro atoms. The number of nitrogens with zero attached hydrogens (tertiary/aromatic N) is 3. The predicted molar refractivity (Wildman–Crippen MR) is 105 cm³/mol. The molecule has 1 unspecified atom stereocenters. The molecule has 1 saturated heterocycles. The van der Waals surface area contributed by atoms with Crippen molar-refractivity contribution < 1.29 is 4.79 Å². The molecular weight excluding hydrogens is 322 g/mol. The highest BCUT2D eigenvalue weighted by atomic mass is 16.2. The van der Waals surface area contributed by atoms with Gasteiger partial charge in [0.2, 0.25) is 5.91 Å². The summed E-state index contributed by atoms with van der Waals surface area (Å²) < 4.78 is 0. The Morgan fingerprint density at radius 1 is 1.00 bits per heavy atom. The quantitative estimate of drug-likeness (QED) is 0.827. The number of aromatic nitrogens is 1. The standard InChI is InChI=1S/C22H29N3O/c1-4-24-13-15-25(16-14-24)22(26)21(20-7-5-6-12-23-20)19-10-8-18(9-11-19)17(2)3/h5-12,17,21H,4,13-16H2,1-3H3. The third kappa shape index (κ3) is 4.13. The summed E-state index contributed by atoms with van der Waals surface area (Å²) in [4.78, 5) is 22.3. The molecule has 0 N–H and O–H groups in total. The third-order valence-corrected chi connectivity index (χ3v) is 5.30. The Hall–Kier alpha value is -2.20. The number of piperazine rings is 1. The molecule has 138 valence electrons. The van der Waals surface area contributed by atoms with E-state index in [0.29, 0.717) is 5.92 Å². The molecule has 0 radical (unpaired) electrons. The lowest BCUT2D eigenvalue weighted by Crippen LogP contribution is -2.50. The molecule has 2 aromatic rings. The first-order chi connectivity index (χ1) is 12.6. The number of rotatable bonds is 5. The van der Waals surface area contributed by atoms with Gasteiger partial charge in [0, 0.05) is 32.4 Å². The van der Waals surface area contributed by atoms with Crippen molar-refractivity contribution in [3.05, 3.63) is 65.5 Å². The van der Waals surface area contributed by atoms with E-state index in [9.17, 15) is 4.79 Å². The number of carbonyl (C=O) groups is 1. The lowest BCUT2D eigenvalue weighted by molar-refractivity contribution is -0.133. The summed E-state index contributed by atoms with van der Waals surface area (Å²) in [6.45, 7) is 11.1. The van der Waals surface area contributed by atoms with Gasteiger partial charge in [-0.2, -0.15) is 0 Å². The molecular formula is C22H29N3O. The van der Waals surface area contributed by atoms with E-state index in [-0.39, 0.29) is 11.8 Å². The molecule has 1 aromatic carbocycles. The van der Waals surface area contributed by atoms with Crippen LogP contribution >= 0.6 is 0 Å². The van der Waals surface area contributed by atoms with Gasteiger partial charge in [-0.1, -0.05) is 51.1 Å². The second-order valence-corrected chi connectivity index (χ2v) is 7.27. The van der Waals surface area contributed by atoms with Gasteiger partial charge in [-0.05, 0) is 35.7 Å². The average molecular weight is 351 g/mol. The van der Waals surface area contributed by atoms with E-state index in [2.05, 4.69) is 54.9 Å². The van der Waals surface area contributed by atoms with Crippen LogP contribution < -0.4 is 0 Å². The van der Waals surface area contributed by atoms with Crippen molar-refractivity contribution in [3.8, 4) is 0 Å². The van der Waals surface area contributed by atoms with Crippen molar-refractivity contribution in [3.63, 3.8) is 0 Å². The van der Waals surface area contributed by atoms with Gasteiger partial charge in [0.1, 0.15) is 5.92 Å². The zero-order chi connectivity index (χ0) is 18.5. The molecule has 0 saturated carbocycles. The van der Waals surface area contributed by atoms with E-state index in [1.807, 2.05) is 23.1 Å². The Labute approximate surface area is 156 Å². The van der Waals surface area contributed by atoms with Gasteiger partial charge in [-0.25, -0.2) is 0 Å². The van der Waals surface area contributed by atoms with Crippen molar-refractivity contribution in [2.75, 3.05) is 32.7 Å². The number of amides is 1.